The smallest absolute Gasteiger partial charge is 0.318 e. The van der Waals surface area contributed by atoms with Gasteiger partial charge < -0.3 is 10.2 Å². The number of halogens is 1. The molecule has 78 valence electrons. The van der Waals surface area contributed by atoms with Crippen LogP contribution in [0.25, 0.3) is 0 Å². The lowest BCUT2D eigenvalue weighted by Crippen LogP contribution is -2.32. The molecule has 1 atom stereocenters. The molecule has 0 aromatic heterocycles. The molecule has 1 aliphatic rings. The topological polar surface area (TPSA) is 74.6 Å². The Balaban J connectivity index is 2.87. The molecule has 0 amide bonds. The first-order valence-corrected chi connectivity index (χ1v) is 4.73. The summed E-state index contributed by atoms with van der Waals surface area (Å²) in [5.41, 5.74) is 0. The normalized spacial score (nSPS) is 21.9. The molecule has 0 aromatic rings. The van der Waals surface area contributed by atoms with Crippen LogP contribution in [0.4, 0.5) is 0 Å². The molecule has 1 rings (SSSR count). The fourth-order valence-corrected chi connectivity index (χ4v) is 1.99. The number of carboxylic acid groups (broad SMARTS) is 2. The highest BCUT2D eigenvalue weighted by atomic mass is 35.5. The average molecular weight is 219 g/mol. The minimum absolute atomic E-state index is 0.367. The standard InChI is InChI=1S/C9H11ClO4/c10-6-4-2-1-3-5(6)7(8(11)12)9(13)14/h4-5,7H,1-3H2,(H,11,12)(H,13,14). The van der Waals surface area contributed by atoms with Crippen LogP contribution in [-0.2, 0) is 9.59 Å². The molecule has 5 heteroatoms. The van der Waals surface area contributed by atoms with E-state index in [-0.39, 0.29) is 0 Å². The minimum atomic E-state index is -1.42. The van der Waals surface area contributed by atoms with Crippen molar-refractivity contribution in [3.8, 4) is 0 Å². The lowest BCUT2D eigenvalue weighted by Gasteiger charge is -2.23. The molecular formula is C9H11ClO4. The van der Waals surface area contributed by atoms with E-state index in [1.807, 2.05) is 0 Å². The van der Waals surface area contributed by atoms with Crippen molar-refractivity contribution in [2.45, 2.75) is 19.3 Å². The van der Waals surface area contributed by atoms with E-state index in [4.69, 9.17) is 21.8 Å². The van der Waals surface area contributed by atoms with Gasteiger partial charge in [-0.25, -0.2) is 0 Å². The van der Waals surface area contributed by atoms with Crippen LogP contribution in [0.3, 0.4) is 0 Å². The zero-order valence-corrected chi connectivity index (χ0v) is 8.20. The van der Waals surface area contributed by atoms with Crippen LogP contribution < -0.4 is 0 Å². The molecule has 4 nitrogen and oxygen atoms in total. The summed E-state index contributed by atoms with van der Waals surface area (Å²) >= 11 is 5.80. The summed E-state index contributed by atoms with van der Waals surface area (Å²) in [4.78, 5) is 21.4. The first-order valence-electron chi connectivity index (χ1n) is 4.35. The van der Waals surface area contributed by atoms with Gasteiger partial charge in [-0.1, -0.05) is 17.7 Å². The number of hydrogen-bond donors (Lipinski definition) is 2. The largest absolute Gasteiger partial charge is 0.481 e. The van der Waals surface area contributed by atoms with Crippen molar-refractivity contribution in [1.29, 1.82) is 0 Å². The fourth-order valence-electron chi connectivity index (χ4n) is 1.64. The van der Waals surface area contributed by atoms with Crippen LogP contribution in [0.2, 0.25) is 0 Å². The van der Waals surface area contributed by atoms with Gasteiger partial charge >= 0.3 is 11.9 Å². The van der Waals surface area contributed by atoms with Gasteiger partial charge in [-0.05, 0) is 19.3 Å². The Kier molecular flexibility index (Phi) is 3.52. The van der Waals surface area contributed by atoms with E-state index in [9.17, 15) is 9.59 Å². The minimum Gasteiger partial charge on any atom is -0.481 e. The molecular weight excluding hydrogens is 208 g/mol. The Morgan fingerprint density at radius 2 is 2.00 bits per heavy atom. The molecule has 1 unspecified atom stereocenters. The second kappa shape index (κ2) is 4.46. The molecule has 0 fully saturated rings. The van der Waals surface area contributed by atoms with Gasteiger partial charge in [-0.2, -0.15) is 0 Å². The highest BCUT2D eigenvalue weighted by Gasteiger charge is 2.37. The predicted octanol–water partition coefficient (Wildman–Crippen LogP) is 1.69. The summed E-state index contributed by atoms with van der Waals surface area (Å²) in [5.74, 6) is -4.63. The molecule has 0 radical (unpaired) electrons. The number of hydrogen-bond acceptors (Lipinski definition) is 2. The van der Waals surface area contributed by atoms with E-state index >= 15 is 0 Å². The lowest BCUT2D eigenvalue weighted by molar-refractivity contribution is -0.156. The summed E-state index contributed by atoms with van der Waals surface area (Å²) in [7, 11) is 0. The van der Waals surface area contributed by atoms with Gasteiger partial charge in [0.1, 0.15) is 0 Å². The van der Waals surface area contributed by atoms with Crippen molar-refractivity contribution < 1.29 is 19.8 Å². The Hall–Kier alpha value is -1.03. The van der Waals surface area contributed by atoms with Crippen molar-refractivity contribution in [1.82, 2.24) is 0 Å². The van der Waals surface area contributed by atoms with Gasteiger partial charge in [0.25, 0.3) is 0 Å². The van der Waals surface area contributed by atoms with Gasteiger partial charge in [0.15, 0.2) is 5.92 Å². The van der Waals surface area contributed by atoms with E-state index in [0.717, 1.165) is 12.8 Å². The highest BCUT2D eigenvalue weighted by molar-refractivity contribution is 6.30. The summed E-state index contributed by atoms with van der Waals surface area (Å²) < 4.78 is 0. The number of rotatable bonds is 3. The zero-order valence-electron chi connectivity index (χ0n) is 7.44. The van der Waals surface area contributed by atoms with Gasteiger partial charge in [0, 0.05) is 11.0 Å². The van der Waals surface area contributed by atoms with E-state index < -0.39 is 23.8 Å². The Bertz CT molecular complexity index is 271. The molecule has 1 aliphatic carbocycles. The van der Waals surface area contributed by atoms with Crippen LogP contribution in [0.1, 0.15) is 19.3 Å². The lowest BCUT2D eigenvalue weighted by atomic mass is 9.84. The van der Waals surface area contributed by atoms with Crippen molar-refractivity contribution >= 4 is 23.5 Å². The first-order chi connectivity index (χ1) is 6.54. The average Bonchev–Trinajstić information content (AvgIpc) is 2.07. The van der Waals surface area contributed by atoms with Crippen LogP contribution in [0, 0.1) is 11.8 Å². The van der Waals surface area contributed by atoms with Gasteiger partial charge in [-0.15, -0.1) is 0 Å². The van der Waals surface area contributed by atoms with Crippen LogP contribution in [-0.4, -0.2) is 22.2 Å². The van der Waals surface area contributed by atoms with Crippen molar-refractivity contribution in [3.05, 3.63) is 11.1 Å². The number of aliphatic carboxylic acids is 2. The van der Waals surface area contributed by atoms with Gasteiger partial charge in [0.2, 0.25) is 0 Å². The van der Waals surface area contributed by atoms with Crippen molar-refractivity contribution in [3.63, 3.8) is 0 Å². The summed E-state index contributed by atoms with van der Waals surface area (Å²) in [6.07, 6.45) is 3.81. The number of carbonyl (C=O) groups is 2. The Labute approximate surface area is 86.2 Å². The van der Waals surface area contributed by atoms with Crippen molar-refractivity contribution in [2.24, 2.45) is 11.8 Å². The maximum Gasteiger partial charge on any atom is 0.318 e. The molecule has 0 saturated heterocycles. The van der Waals surface area contributed by atoms with Crippen LogP contribution >= 0.6 is 11.6 Å². The Morgan fingerprint density at radius 1 is 1.43 bits per heavy atom. The fraction of sp³-hybridized carbons (Fsp3) is 0.556. The third-order valence-electron chi connectivity index (χ3n) is 2.35. The molecule has 2 N–H and O–H groups in total. The summed E-state index contributed by atoms with van der Waals surface area (Å²) in [5, 5.41) is 17.9. The quantitative estimate of drug-likeness (QED) is 0.707. The third kappa shape index (κ3) is 2.26. The van der Waals surface area contributed by atoms with E-state index in [1.54, 1.807) is 6.08 Å². The second-order valence-corrected chi connectivity index (χ2v) is 3.72. The van der Waals surface area contributed by atoms with E-state index in [1.165, 1.54) is 0 Å². The summed E-state index contributed by atoms with van der Waals surface area (Å²) in [6.45, 7) is 0. The maximum atomic E-state index is 10.7. The maximum absolute atomic E-state index is 10.7. The monoisotopic (exact) mass is 218 g/mol. The van der Waals surface area contributed by atoms with Gasteiger partial charge in [-0.3, -0.25) is 9.59 Å². The summed E-state index contributed by atoms with van der Waals surface area (Å²) in [6, 6.07) is 0. The Morgan fingerprint density at radius 3 is 2.43 bits per heavy atom. The van der Waals surface area contributed by atoms with Crippen molar-refractivity contribution in [2.75, 3.05) is 0 Å². The second-order valence-electron chi connectivity index (χ2n) is 3.28. The number of carboxylic acids is 2. The van der Waals surface area contributed by atoms with E-state index in [2.05, 4.69) is 0 Å². The molecule has 0 spiro atoms. The molecule has 0 aromatic carbocycles. The third-order valence-corrected chi connectivity index (χ3v) is 2.78. The first kappa shape index (κ1) is 11.0. The molecule has 0 aliphatic heterocycles. The zero-order chi connectivity index (χ0) is 10.7. The predicted molar refractivity (Wildman–Crippen MR) is 50.0 cm³/mol. The van der Waals surface area contributed by atoms with Crippen LogP contribution in [0.15, 0.2) is 11.1 Å². The van der Waals surface area contributed by atoms with E-state index in [0.29, 0.717) is 11.5 Å². The number of allylic oxidation sites excluding steroid dienone is 2. The SMILES string of the molecule is O=C(O)C(C(=O)O)C1CCCC=C1Cl. The molecule has 14 heavy (non-hydrogen) atoms. The van der Waals surface area contributed by atoms with Crippen LogP contribution in [0.5, 0.6) is 0 Å². The van der Waals surface area contributed by atoms with Gasteiger partial charge in [0.05, 0.1) is 0 Å². The molecule has 0 heterocycles. The highest BCUT2D eigenvalue weighted by Crippen LogP contribution is 2.33. The molecule has 0 saturated carbocycles. The molecule has 0 bridgehead atoms.